The standard InChI is InChI=1S/C28H32ClN5O3.C28H31ClN4O3.C12H12NO2P/c1-18-15-33(19(2)14-32(18)16-20-8-4-3-5-9-20)27(36)22-12-21-23(17-34(30)25(21)13-24(22)29)26(35)28(37)31-10-6-7-11-31;1-18-16-33(19(2)15-32(18)17-20-8-4-3-5-9-20)27(35)22-12-21-23(14-30-25(21)13-24(22)29)26(34)28(36)31-10-6-7-11-31;13-15-16(14,11-7-3-1-4-8-11)12-9-5-2-6-10-12/h3-5,8-9,12-13,17-19H,6-7,10-11,14-16,30H2,1-2H3;3-5,8-9,12-14,18-19,30H,6-7,10-11,15-17H2,1-2H3;1-10H,13H2/t2*18-,19+;/m00./s1. The van der Waals surface area contributed by atoms with Crippen molar-refractivity contribution in [3.05, 3.63) is 201 Å². The van der Waals surface area contributed by atoms with Gasteiger partial charge in [0, 0.05) is 129 Å². The molecule has 89 heavy (non-hydrogen) atoms. The van der Waals surface area contributed by atoms with Crippen molar-refractivity contribution >= 4 is 98.2 Å². The number of benzene rings is 6. The van der Waals surface area contributed by atoms with Crippen LogP contribution < -0.4 is 22.3 Å². The van der Waals surface area contributed by atoms with Crippen LogP contribution in [0.2, 0.25) is 10.0 Å². The summed E-state index contributed by atoms with van der Waals surface area (Å²) in [5.41, 5.74) is 4.73. The average molecular weight is 1260 g/mol. The predicted molar refractivity (Wildman–Crippen MR) is 349 cm³/mol. The van der Waals surface area contributed by atoms with E-state index >= 15 is 0 Å². The number of ketones is 2. The van der Waals surface area contributed by atoms with Gasteiger partial charge in [0.1, 0.15) is 0 Å². The molecule has 4 fully saturated rings. The zero-order chi connectivity index (χ0) is 63.1. The van der Waals surface area contributed by atoms with Gasteiger partial charge in [-0.25, -0.2) is 10.5 Å². The molecule has 4 saturated heterocycles. The highest BCUT2D eigenvalue weighted by molar-refractivity contribution is 7.74. The molecule has 0 unspecified atom stereocenters. The molecule has 12 rings (SSSR count). The lowest BCUT2D eigenvalue weighted by Gasteiger charge is -2.44. The van der Waals surface area contributed by atoms with E-state index in [1.807, 2.05) is 96.4 Å². The van der Waals surface area contributed by atoms with Gasteiger partial charge in [-0.05, 0) is 113 Å². The number of nitrogens with one attached hydrogen (secondary N) is 1. The van der Waals surface area contributed by atoms with Crippen LogP contribution in [0.3, 0.4) is 0 Å². The molecule has 18 nitrogen and oxygen atoms in total. The number of halogens is 2. The van der Waals surface area contributed by atoms with E-state index in [9.17, 15) is 33.3 Å². The summed E-state index contributed by atoms with van der Waals surface area (Å²) in [6, 6.07) is 45.4. The SMILES string of the molecule is C[C@@H]1CN(Cc2ccccc2)[C@@H](C)CN1C(=O)c1cc2c(C(=O)C(=O)N3CCCC3)c[nH]c2cc1Cl.C[C@@H]1CN(Cc2ccccc2)[C@@H](C)CN1C(=O)c1cc2c(C(=O)C(=O)N3CCCC3)cn(N)c2cc1Cl.NOP(=O)(c1ccccc1)c1ccccc1. The van der Waals surface area contributed by atoms with Crippen LogP contribution in [-0.2, 0) is 31.9 Å². The van der Waals surface area contributed by atoms with E-state index in [0.717, 1.165) is 51.9 Å². The molecule has 6 aromatic carbocycles. The zero-order valence-electron chi connectivity index (χ0n) is 50.5. The van der Waals surface area contributed by atoms with Crippen molar-refractivity contribution in [2.24, 2.45) is 5.90 Å². The summed E-state index contributed by atoms with van der Waals surface area (Å²) in [7, 11) is -3.13. The summed E-state index contributed by atoms with van der Waals surface area (Å²) in [5, 5.41) is 2.79. The molecule has 4 amide bonds. The Labute approximate surface area is 528 Å². The highest BCUT2D eigenvalue weighted by Gasteiger charge is 2.37. The molecular weight excluding hydrogens is 1190 g/mol. The van der Waals surface area contributed by atoms with E-state index in [0.29, 0.717) is 87.8 Å². The summed E-state index contributed by atoms with van der Waals surface area (Å²) in [4.78, 5) is 93.7. The minimum atomic E-state index is -3.13. The van der Waals surface area contributed by atoms with Crippen LogP contribution in [0.4, 0.5) is 0 Å². The number of carbonyl (C=O) groups excluding carboxylic acids is 6. The van der Waals surface area contributed by atoms with Crippen molar-refractivity contribution in [2.75, 3.05) is 58.2 Å². The first-order valence-electron chi connectivity index (χ1n) is 30.2. The fourth-order valence-electron chi connectivity index (χ4n) is 12.3. The number of Topliss-reactive ketones (excluding diaryl/α,β-unsaturated/α-hetero) is 2. The molecule has 0 aliphatic carbocycles. The van der Waals surface area contributed by atoms with E-state index in [4.69, 9.17) is 39.6 Å². The average Bonchev–Trinajstić information content (AvgIpc) is 1.86. The van der Waals surface area contributed by atoms with Gasteiger partial charge in [0.05, 0.1) is 37.8 Å². The lowest BCUT2D eigenvalue weighted by Crippen LogP contribution is -2.57. The molecule has 8 aromatic rings. The molecule has 0 bridgehead atoms. The number of nitrogens with two attached hydrogens (primary N) is 2. The van der Waals surface area contributed by atoms with Crippen molar-refractivity contribution in [2.45, 2.75) is 90.6 Å². The third kappa shape index (κ3) is 14.1. The van der Waals surface area contributed by atoms with Gasteiger partial charge in [-0.1, -0.05) is 120 Å². The topological polar surface area (TPSA) is 221 Å². The van der Waals surface area contributed by atoms with Gasteiger partial charge in [0.15, 0.2) is 0 Å². The van der Waals surface area contributed by atoms with Crippen LogP contribution in [0.25, 0.3) is 21.8 Å². The lowest BCUT2D eigenvalue weighted by atomic mass is 10.0. The maximum absolute atomic E-state index is 13.7. The van der Waals surface area contributed by atoms with Gasteiger partial charge in [-0.15, -0.1) is 0 Å². The minimum Gasteiger partial charge on any atom is -0.360 e. The molecular formula is C68H75Cl2N10O8P. The number of hydrogen-bond acceptors (Lipinski definition) is 12. The zero-order valence-corrected chi connectivity index (χ0v) is 52.9. The number of aromatic amines is 1. The van der Waals surface area contributed by atoms with E-state index in [1.165, 1.54) is 22.0 Å². The summed E-state index contributed by atoms with van der Waals surface area (Å²) in [6.45, 7) is 15.0. The number of H-pyrrole nitrogens is 1. The first-order chi connectivity index (χ1) is 42.8. The van der Waals surface area contributed by atoms with Gasteiger partial charge in [-0.2, -0.15) is 0 Å². The Bertz CT molecular complexity index is 3870. The predicted octanol–water partition coefficient (Wildman–Crippen LogP) is 9.72. The Kier molecular flexibility index (Phi) is 20.4. The summed E-state index contributed by atoms with van der Waals surface area (Å²) in [6.07, 6.45) is 6.59. The highest BCUT2D eigenvalue weighted by Crippen LogP contribution is 2.42. The number of nitrogen functional groups attached to an aromatic ring is 1. The van der Waals surface area contributed by atoms with Crippen LogP contribution in [-0.4, -0.2) is 151 Å². The maximum Gasteiger partial charge on any atom is 0.295 e. The largest absolute Gasteiger partial charge is 0.360 e. The fourth-order valence-corrected chi connectivity index (χ4v) is 14.5. The molecule has 5 N–H and O–H groups in total. The van der Waals surface area contributed by atoms with Gasteiger partial charge >= 0.3 is 0 Å². The van der Waals surface area contributed by atoms with Crippen molar-refractivity contribution in [1.29, 1.82) is 0 Å². The Morgan fingerprint density at radius 2 is 0.933 bits per heavy atom. The summed E-state index contributed by atoms with van der Waals surface area (Å²) >= 11 is 13.1. The van der Waals surface area contributed by atoms with E-state index in [-0.39, 0.29) is 52.1 Å². The van der Waals surface area contributed by atoms with Crippen molar-refractivity contribution in [1.82, 2.24) is 39.1 Å². The third-order valence-corrected chi connectivity index (χ3v) is 20.2. The van der Waals surface area contributed by atoms with Crippen LogP contribution in [0.5, 0.6) is 0 Å². The third-order valence-electron chi connectivity index (χ3n) is 17.4. The number of fused-ring (bicyclic) bond motifs is 2. The smallest absolute Gasteiger partial charge is 0.295 e. The lowest BCUT2D eigenvalue weighted by molar-refractivity contribution is -0.126. The molecule has 0 spiro atoms. The second-order valence-corrected chi connectivity index (χ2v) is 26.7. The first kappa shape index (κ1) is 64.1. The molecule has 2 aromatic heterocycles. The van der Waals surface area contributed by atoms with Crippen LogP contribution in [0.1, 0.15) is 106 Å². The number of rotatable bonds is 13. The molecule has 464 valence electrons. The van der Waals surface area contributed by atoms with Crippen molar-refractivity contribution in [3.63, 3.8) is 0 Å². The fraction of sp³-hybridized carbons (Fsp3) is 0.324. The molecule has 6 heterocycles. The van der Waals surface area contributed by atoms with Crippen LogP contribution >= 0.6 is 30.6 Å². The number of likely N-dealkylation sites (tertiary alicyclic amines) is 2. The Hall–Kier alpha value is -7.93. The molecule has 21 heteroatoms. The second kappa shape index (κ2) is 28.3. The van der Waals surface area contributed by atoms with Crippen molar-refractivity contribution in [3.8, 4) is 0 Å². The Morgan fingerprint density at radius 1 is 0.528 bits per heavy atom. The van der Waals surface area contributed by atoms with Crippen LogP contribution in [0, 0.1) is 0 Å². The van der Waals surface area contributed by atoms with Gasteiger partial charge < -0.3 is 30.4 Å². The summed E-state index contributed by atoms with van der Waals surface area (Å²) in [5.74, 6) is 8.76. The normalized spacial score (nSPS) is 19.0. The van der Waals surface area contributed by atoms with E-state index in [2.05, 4.69) is 52.9 Å². The van der Waals surface area contributed by atoms with Crippen molar-refractivity contribution < 1.29 is 38.0 Å². The molecule has 4 aliphatic heterocycles. The number of nitrogens with zero attached hydrogens (tertiary/aromatic N) is 7. The number of hydrogen-bond donors (Lipinski definition) is 3. The highest BCUT2D eigenvalue weighted by atomic mass is 35.5. The second-order valence-electron chi connectivity index (χ2n) is 23.5. The minimum absolute atomic E-state index is 0.00625. The van der Waals surface area contributed by atoms with E-state index in [1.54, 1.807) is 64.5 Å². The number of piperazine rings is 2. The van der Waals surface area contributed by atoms with Gasteiger partial charge in [0.2, 0.25) is 0 Å². The number of aromatic nitrogens is 2. The quantitative estimate of drug-likeness (QED) is 0.0323. The Balaban J connectivity index is 0.000000158. The van der Waals surface area contributed by atoms with Crippen LogP contribution in [0.15, 0.2) is 158 Å². The molecule has 4 aliphatic rings. The van der Waals surface area contributed by atoms with Gasteiger partial charge in [0.25, 0.3) is 42.6 Å². The maximum atomic E-state index is 13.7. The molecule has 4 atom stereocenters. The number of amides is 4. The molecule has 0 saturated carbocycles. The Morgan fingerprint density at radius 3 is 1.37 bits per heavy atom. The molecule has 0 radical (unpaired) electrons. The first-order valence-corrected chi connectivity index (χ1v) is 32.6. The van der Waals surface area contributed by atoms with Gasteiger partial charge in [-0.3, -0.25) is 47.8 Å². The number of carbonyl (C=O) groups is 6. The summed E-state index contributed by atoms with van der Waals surface area (Å²) < 4.78 is 18.7. The van der Waals surface area contributed by atoms with E-state index < -0.39 is 30.7 Å². The monoisotopic (exact) mass is 1260 g/mol.